The van der Waals surface area contributed by atoms with E-state index in [1.807, 2.05) is 13.8 Å². The summed E-state index contributed by atoms with van der Waals surface area (Å²) in [7, 11) is 0. The van der Waals surface area contributed by atoms with Crippen molar-refractivity contribution in [2.24, 2.45) is 34.3 Å². The van der Waals surface area contributed by atoms with Gasteiger partial charge in [-0.2, -0.15) is 0 Å². The Hall–Kier alpha value is -3.27. The monoisotopic (exact) mass is 666 g/mol. The molecule has 4 fully saturated rings. The Morgan fingerprint density at radius 1 is 1.17 bits per heavy atom. The van der Waals surface area contributed by atoms with Crippen LogP contribution in [-0.2, 0) is 43.0 Å². The number of rotatable bonds is 12. The van der Waals surface area contributed by atoms with Crippen molar-refractivity contribution in [1.29, 1.82) is 0 Å². The number of nitrogens with zero attached hydrogens (tertiary/aromatic N) is 1. The van der Waals surface area contributed by atoms with Crippen LogP contribution in [-0.4, -0.2) is 89.3 Å². The zero-order valence-corrected chi connectivity index (χ0v) is 27.0. The van der Waals surface area contributed by atoms with Crippen molar-refractivity contribution in [3.05, 3.63) is 33.9 Å². The Bertz CT molecular complexity index is 1380. The first kappa shape index (κ1) is 35.0. The summed E-state index contributed by atoms with van der Waals surface area (Å²) in [6.07, 6.45) is 1.84. The van der Waals surface area contributed by atoms with E-state index in [-0.39, 0.29) is 56.5 Å². The molecular weight excluding hydrogens is 623 g/mol. The number of fused-ring (bicyclic) bond motifs is 7. The summed E-state index contributed by atoms with van der Waals surface area (Å²) in [5.41, 5.74) is 2.65. The van der Waals surface area contributed by atoms with Gasteiger partial charge in [0.1, 0.15) is 12.2 Å². The summed E-state index contributed by atoms with van der Waals surface area (Å²) in [5, 5.41) is 21.0. The maximum absolute atomic E-state index is 15.8. The second-order valence-corrected chi connectivity index (χ2v) is 14.2. The van der Waals surface area contributed by atoms with Crippen molar-refractivity contribution < 1.29 is 57.5 Å². The van der Waals surface area contributed by atoms with Crippen LogP contribution in [0.2, 0.25) is 0 Å². The quantitative estimate of drug-likeness (QED) is 0.133. The SMILES string of the molecule is CC1(C)O[C@@H]2C[C@H]3[C@@H]4C[C@H](F)C5=CC(=O)C=C[C@]5(C)[C@H]4[C@@H](O)C[C@]3(C)[C@@]2(C(=O)COC(=O)CC(N)C(=O)OCCCCO[N+](=O)[O-])O1. The highest BCUT2D eigenvalue weighted by atomic mass is 19.1. The summed E-state index contributed by atoms with van der Waals surface area (Å²) in [5.74, 6) is -4.91. The maximum atomic E-state index is 15.8. The van der Waals surface area contributed by atoms with Gasteiger partial charge in [-0.15, -0.1) is 10.1 Å². The van der Waals surface area contributed by atoms with E-state index in [9.17, 15) is 34.4 Å². The third-order valence-corrected chi connectivity index (χ3v) is 10.9. The second kappa shape index (κ2) is 12.6. The molecule has 0 aromatic rings. The molecule has 47 heavy (non-hydrogen) atoms. The molecule has 0 spiro atoms. The number of aliphatic hydroxyl groups excluding tert-OH is 1. The van der Waals surface area contributed by atoms with E-state index in [2.05, 4.69) is 4.84 Å². The number of hydrogen-bond acceptors (Lipinski definition) is 13. The van der Waals surface area contributed by atoms with E-state index in [0.717, 1.165) is 0 Å². The van der Waals surface area contributed by atoms with Crippen molar-refractivity contribution >= 4 is 23.5 Å². The van der Waals surface area contributed by atoms with E-state index >= 15 is 4.39 Å². The molecule has 5 rings (SSSR count). The largest absolute Gasteiger partial charge is 0.465 e. The number of ether oxygens (including phenoxy) is 4. The number of carbonyl (C=O) groups is 4. The number of halogens is 1. The highest BCUT2D eigenvalue weighted by Gasteiger charge is 2.77. The zero-order chi connectivity index (χ0) is 34.5. The van der Waals surface area contributed by atoms with Crippen LogP contribution >= 0.6 is 0 Å². The molecule has 3 N–H and O–H groups in total. The molecule has 1 aliphatic heterocycles. The van der Waals surface area contributed by atoms with Gasteiger partial charge in [-0.05, 0) is 75.5 Å². The van der Waals surface area contributed by atoms with Gasteiger partial charge in [0.05, 0.1) is 31.8 Å². The van der Waals surface area contributed by atoms with Crippen LogP contribution in [0.3, 0.4) is 0 Å². The van der Waals surface area contributed by atoms with Crippen molar-refractivity contribution in [2.45, 2.75) is 102 Å². The van der Waals surface area contributed by atoms with Crippen LogP contribution in [0.25, 0.3) is 0 Å². The predicted molar refractivity (Wildman–Crippen MR) is 158 cm³/mol. The molecule has 1 unspecified atom stereocenters. The Kier molecular flexibility index (Phi) is 9.42. The van der Waals surface area contributed by atoms with Crippen molar-refractivity contribution in [3.8, 4) is 0 Å². The highest BCUT2D eigenvalue weighted by Crippen LogP contribution is 2.70. The minimum Gasteiger partial charge on any atom is -0.465 e. The van der Waals surface area contributed by atoms with Crippen LogP contribution in [0, 0.1) is 38.7 Å². The van der Waals surface area contributed by atoms with Gasteiger partial charge in [-0.1, -0.05) is 19.9 Å². The van der Waals surface area contributed by atoms with Gasteiger partial charge in [0, 0.05) is 16.7 Å². The maximum Gasteiger partial charge on any atom is 0.323 e. The molecule has 15 heteroatoms. The number of carbonyl (C=O) groups excluding carboxylic acids is 4. The Labute approximate surface area is 271 Å². The average molecular weight is 667 g/mol. The summed E-state index contributed by atoms with van der Waals surface area (Å²) < 4.78 is 38.8. The van der Waals surface area contributed by atoms with Gasteiger partial charge in [-0.3, -0.25) is 19.2 Å². The van der Waals surface area contributed by atoms with Gasteiger partial charge >= 0.3 is 11.9 Å². The van der Waals surface area contributed by atoms with Crippen molar-refractivity contribution in [1.82, 2.24) is 0 Å². The first-order valence-electron chi connectivity index (χ1n) is 16.0. The molecule has 5 aliphatic rings. The summed E-state index contributed by atoms with van der Waals surface area (Å²) in [6.45, 7) is 6.09. The number of unbranched alkanes of at least 4 members (excludes halogenated alkanes) is 1. The van der Waals surface area contributed by atoms with Crippen LogP contribution in [0.1, 0.15) is 66.2 Å². The molecule has 14 nitrogen and oxygen atoms in total. The van der Waals surface area contributed by atoms with Crippen LogP contribution in [0.15, 0.2) is 23.8 Å². The number of ketones is 2. The normalized spacial score (nSPS) is 38.6. The molecule has 0 radical (unpaired) electrons. The Morgan fingerprint density at radius 3 is 2.57 bits per heavy atom. The highest BCUT2D eigenvalue weighted by molar-refractivity contribution is 6.01. The van der Waals surface area contributed by atoms with Crippen molar-refractivity contribution in [3.63, 3.8) is 0 Å². The van der Waals surface area contributed by atoms with Crippen LogP contribution in [0.4, 0.5) is 4.39 Å². The van der Waals surface area contributed by atoms with E-state index in [0.29, 0.717) is 12.0 Å². The Balaban J connectivity index is 1.27. The molecular formula is C32H43FN2O12. The molecule has 3 saturated carbocycles. The third-order valence-electron chi connectivity index (χ3n) is 10.9. The molecule has 1 heterocycles. The molecule has 10 atom stereocenters. The minimum atomic E-state index is -1.62. The van der Waals surface area contributed by atoms with Gasteiger partial charge in [-0.25, -0.2) is 4.39 Å². The predicted octanol–water partition coefficient (Wildman–Crippen LogP) is 2.07. The molecule has 0 amide bonds. The fourth-order valence-corrected chi connectivity index (χ4v) is 9.13. The average Bonchev–Trinajstić information content (AvgIpc) is 3.39. The number of nitrogens with two attached hydrogens (primary N) is 1. The molecule has 4 aliphatic carbocycles. The zero-order valence-electron chi connectivity index (χ0n) is 27.0. The first-order chi connectivity index (χ1) is 21.9. The van der Waals surface area contributed by atoms with Gasteiger partial charge in [0.25, 0.3) is 5.09 Å². The van der Waals surface area contributed by atoms with Gasteiger partial charge in [0.2, 0.25) is 5.78 Å². The number of esters is 2. The molecule has 0 aromatic heterocycles. The lowest BCUT2D eigenvalue weighted by Crippen LogP contribution is -2.64. The number of alkyl halides is 1. The lowest BCUT2D eigenvalue weighted by molar-refractivity contribution is -0.757. The topological polar surface area (TPSA) is 204 Å². The van der Waals surface area contributed by atoms with E-state index in [1.165, 1.54) is 12.2 Å². The first-order valence-corrected chi connectivity index (χ1v) is 16.0. The fraction of sp³-hybridized carbons (Fsp3) is 0.750. The van der Waals surface area contributed by atoms with E-state index < -0.39 is 88.4 Å². The standard InChI is InChI=1S/C32H43FN2O12/c1-29(2)46-25-13-19-18-12-21(33)20-11-17(36)7-8-30(20,3)27(18)23(37)15-31(19,4)32(25,47-29)24(38)16-44-26(39)14-22(34)28(40)43-9-5-6-10-45-35(41)42/h7-8,11,18-19,21-23,25,27,37H,5-6,9-10,12-16,34H2,1-4H3/t18-,19-,21-,22?,23-,25+,27+,30-,31-,32-/m0/s1. The molecule has 0 aromatic carbocycles. The molecule has 260 valence electrons. The fourth-order valence-electron chi connectivity index (χ4n) is 9.13. The lowest BCUT2D eigenvalue weighted by Gasteiger charge is -2.60. The minimum absolute atomic E-state index is 0.0700. The van der Waals surface area contributed by atoms with Crippen LogP contribution in [0.5, 0.6) is 0 Å². The lowest BCUT2D eigenvalue weighted by atomic mass is 9.46. The molecule has 0 bridgehead atoms. The smallest absolute Gasteiger partial charge is 0.323 e. The summed E-state index contributed by atoms with van der Waals surface area (Å²) >= 11 is 0. The molecule has 1 saturated heterocycles. The number of aliphatic hydroxyl groups is 1. The Morgan fingerprint density at radius 2 is 1.87 bits per heavy atom. The number of hydrogen-bond donors (Lipinski definition) is 2. The summed E-state index contributed by atoms with van der Waals surface area (Å²) in [6, 6.07) is -1.37. The van der Waals surface area contributed by atoms with Gasteiger partial charge in [0.15, 0.2) is 23.8 Å². The van der Waals surface area contributed by atoms with E-state index in [1.54, 1.807) is 19.9 Å². The third kappa shape index (κ3) is 6.11. The van der Waals surface area contributed by atoms with Gasteiger partial charge < -0.3 is 34.6 Å². The second-order valence-electron chi connectivity index (χ2n) is 14.2. The van der Waals surface area contributed by atoms with E-state index in [4.69, 9.17) is 24.7 Å². The number of Topliss-reactive ketones (excluding diaryl/α,β-unsaturated/α-hetero) is 1. The summed E-state index contributed by atoms with van der Waals surface area (Å²) in [4.78, 5) is 65.5. The van der Waals surface area contributed by atoms with Crippen LogP contribution < -0.4 is 5.73 Å². The van der Waals surface area contributed by atoms with Crippen molar-refractivity contribution in [2.75, 3.05) is 19.8 Å². The number of allylic oxidation sites excluding steroid dienone is 4.